The van der Waals surface area contributed by atoms with Gasteiger partial charge in [0, 0.05) is 12.8 Å². The number of nitrogens with zero attached hydrogens (tertiary/aromatic N) is 1. The predicted molar refractivity (Wildman–Crippen MR) is 318 cm³/mol. The monoisotopic (exact) mass is 1060 g/mol. The third kappa shape index (κ3) is 58.8. The summed E-state index contributed by atoms with van der Waals surface area (Å²) in [5.74, 6) is -1.98. The topological polar surface area (TPSA) is 108 Å². The van der Waals surface area contributed by atoms with Gasteiger partial charge in [0.2, 0.25) is 0 Å². The first kappa shape index (κ1) is 72.2. The summed E-state index contributed by atoms with van der Waals surface area (Å²) in [6.45, 7) is 4.82. The summed E-state index contributed by atoms with van der Waals surface area (Å²) in [5, 5.41) is 9.72. The molecular weight excluding hydrogens is 935 g/mol. The summed E-state index contributed by atoms with van der Waals surface area (Å²) in [6, 6.07) is 0. The maximum atomic E-state index is 12.9. The fourth-order valence-electron chi connectivity index (χ4n) is 9.24. The van der Waals surface area contributed by atoms with Crippen LogP contribution in [0.3, 0.4) is 0 Å². The van der Waals surface area contributed by atoms with Gasteiger partial charge in [0.25, 0.3) is 6.29 Å². The minimum atomic E-state index is -1.51. The SMILES string of the molecule is CC/C=C\C/C=C\C/C=C\C/C=C\CCCCCCCCCCCCCCCCCCC(=O)OC(COC(=O)CCCCCCCCCCCCCCCCCCCCCCC)COC(OCC[N+](C)(C)C)C(=O)O. The van der Waals surface area contributed by atoms with Gasteiger partial charge in [-0.25, -0.2) is 4.79 Å². The van der Waals surface area contributed by atoms with E-state index in [0.29, 0.717) is 17.4 Å². The Bertz CT molecular complexity index is 1370. The average Bonchev–Trinajstić information content (AvgIpc) is 3.38. The molecule has 2 atom stereocenters. The first-order valence-corrected chi connectivity index (χ1v) is 31.8. The van der Waals surface area contributed by atoms with E-state index in [0.717, 1.165) is 64.2 Å². The number of hydrogen-bond donors (Lipinski definition) is 1. The van der Waals surface area contributed by atoms with Crippen LogP contribution in [0.25, 0.3) is 0 Å². The number of allylic oxidation sites excluding steroid dienone is 8. The van der Waals surface area contributed by atoms with Crippen LogP contribution in [0.1, 0.15) is 296 Å². The Morgan fingerprint density at radius 1 is 0.413 bits per heavy atom. The minimum absolute atomic E-state index is 0.177. The number of carbonyl (C=O) groups is 3. The minimum Gasteiger partial charge on any atom is -0.477 e. The van der Waals surface area contributed by atoms with E-state index in [1.54, 1.807) is 0 Å². The van der Waals surface area contributed by atoms with Gasteiger partial charge >= 0.3 is 17.9 Å². The standard InChI is InChI=1S/C66H121NO8/c1-6-8-10-12-14-16-18-20-22-24-26-28-29-30-31-32-33-34-35-37-39-41-43-45-47-49-51-53-55-57-64(69)75-62(61-74-66(65(70)71)72-59-58-67(3,4)5)60-73-63(68)56-54-52-50-48-46-44-42-40-38-36-27-25-23-21-19-17-15-13-11-9-7-2/h8,10,14,16,20,22,26,28,62,66H,6-7,9,11-13,15,17-19,21,23-25,27,29-61H2,1-5H3/p+1/b10-8-,16-14-,22-20-,28-26-. The third-order valence-electron chi connectivity index (χ3n) is 14.1. The van der Waals surface area contributed by atoms with Crippen molar-refractivity contribution in [2.45, 2.75) is 309 Å². The summed E-state index contributed by atoms with van der Waals surface area (Å²) in [5.41, 5.74) is 0. The van der Waals surface area contributed by atoms with Gasteiger partial charge < -0.3 is 28.5 Å². The van der Waals surface area contributed by atoms with Crippen molar-refractivity contribution in [3.63, 3.8) is 0 Å². The Morgan fingerprint density at radius 2 is 0.760 bits per heavy atom. The predicted octanol–water partition coefficient (Wildman–Crippen LogP) is 19.0. The van der Waals surface area contributed by atoms with Gasteiger partial charge in [0.05, 0.1) is 34.4 Å². The highest BCUT2D eigenvalue weighted by atomic mass is 16.7. The number of quaternary nitrogens is 1. The van der Waals surface area contributed by atoms with Crippen molar-refractivity contribution in [2.24, 2.45) is 0 Å². The number of ether oxygens (including phenoxy) is 4. The van der Waals surface area contributed by atoms with Gasteiger partial charge in [0.1, 0.15) is 13.2 Å². The Labute approximate surface area is 463 Å². The average molecular weight is 1060 g/mol. The van der Waals surface area contributed by atoms with Crippen LogP contribution in [-0.4, -0.2) is 87.4 Å². The van der Waals surface area contributed by atoms with Crippen LogP contribution >= 0.6 is 0 Å². The Hall–Kier alpha value is -2.75. The molecule has 0 aromatic rings. The van der Waals surface area contributed by atoms with Crippen molar-refractivity contribution in [3.8, 4) is 0 Å². The van der Waals surface area contributed by atoms with E-state index >= 15 is 0 Å². The molecule has 0 amide bonds. The molecule has 0 fully saturated rings. The molecule has 0 saturated carbocycles. The molecule has 0 saturated heterocycles. The van der Waals surface area contributed by atoms with Crippen LogP contribution in [0.2, 0.25) is 0 Å². The molecule has 2 unspecified atom stereocenters. The van der Waals surface area contributed by atoms with Crippen molar-refractivity contribution in [1.29, 1.82) is 0 Å². The Balaban J connectivity index is 4.13. The van der Waals surface area contributed by atoms with Crippen LogP contribution in [-0.2, 0) is 33.3 Å². The molecular formula is C66H122NO8+. The largest absolute Gasteiger partial charge is 0.477 e. The lowest BCUT2D eigenvalue weighted by atomic mass is 10.0. The first-order chi connectivity index (χ1) is 36.6. The second-order valence-electron chi connectivity index (χ2n) is 22.7. The number of esters is 2. The molecule has 0 aliphatic heterocycles. The molecule has 9 nitrogen and oxygen atoms in total. The lowest BCUT2D eigenvalue weighted by Crippen LogP contribution is -2.40. The van der Waals surface area contributed by atoms with Gasteiger partial charge in [-0.3, -0.25) is 9.59 Å². The summed E-state index contributed by atoms with van der Waals surface area (Å²) in [4.78, 5) is 37.5. The second kappa shape index (κ2) is 57.4. The van der Waals surface area contributed by atoms with Gasteiger partial charge in [0.15, 0.2) is 6.10 Å². The van der Waals surface area contributed by atoms with Crippen molar-refractivity contribution >= 4 is 17.9 Å². The van der Waals surface area contributed by atoms with Gasteiger partial charge in [-0.1, -0.05) is 281 Å². The zero-order valence-corrected chi connectivity index (χ0v) is 50.0. The molecule has 9 heteroatoms. The van der Waals surface area contributed by atoms with Gasteiger partial charge in [-0.05, 0) is 51.4 Å². The Kier molecular flexibility index (Phi) is 55.3. The summed E-state index contributed by atoms with van der Waals surface area (Å²) in [6.07, 6.45) is 69.2. The van der Waals surface area contributed by atoms with Crippen molar-refractivity contribution < 1.29 is 42.9 Å². The fraction of sp³-hybridized carbons (Fsp3) is 0.833. The molecule has 0 rings (SSSR count). The molecule has 0 spiro atoms. The zero-order valence-electron chi connectivity index (χ0n) is 50.0. The summed E-state index contributed by atoms with van der Waals surface area (Å²) in [7, 11) is 5.98. The quantitative estimate of drug-likeness (QED) is 0.0211. The van der Waals surface area contributed by atoms with Crippen molar-refractivity contribution in [3.05, 3.63) is 48.6 Å². The maximum Gasteiger partial charge on any atom is 0.361 e. The molecule has 0 bridgehead atoms. The molecule has 0 aromatic carbocycles. The highest BCUT2D eigenvalue weighted by Gasteiger charge is 2.25. The third-order valence-corrected chi connectivity index (χ3v) is 14.1. The first-order valence-electron chi connectivity index (χ1n) is 31.8. The molecule has 0 heterocycles. The highest BCUT2D eigenvalue weighted by molar-refractivity contribution is 5.71. The molecule has 0 radical (unpaired) electrons. The lowest BCUT2D eigenvalue weighted by molar-refractivity contribution is -0.870. The van der Waals surface area contributed by atoms with E-state index in [9.17, 15) is 19.5 Å². The molecule has 1 N–H and O–H groups in total. The van der Waals surface area contributed by atoms with E-state index in [1.807, 2.05) is 21.1 Å². The lowest BCUT2D eigenvalue weighted by Gasteiger charge is -2.25. The molecule has 75 heavy (non-hydrogen) atoms. The van der Waals surface area contributed by atoms with Gasteiger partial charge in [-0.2, -0.15) is 0 Å². The maximum absolute atomic E-state index is 12.9. The number of carboxylic acids is 1. The van der Waals surface area contributed by atoms with E-state index in [1.165, 1.54) is 205 Å². The Morgan fingerprint density at radius 3 is 1.13 bits per heavy atom. The van der Waals surface area contributed by atoms with E-state index in [2.05, 4.69) is 62.5 Å². The highest BCUT2D eigenvalue weighted by Crippen LogP contribution is 2.18. The number of aliphatic carboxylic acids is 1. The summed E-state index contributed by atoms with van der Waals surface area (Å²) >= 11 is 0. The number of likely N-dealkylation sites (N-methyl/N-ethyl adjacent to an activating group) is 1. The number of carbonyl (C=O) groups excluding carboxylic acids is 2. The van der Waals surface area contributed by atoms with Crippen LogP contribution in [0.4, 0.5) is 0 Å². The van der Waals surface area contributed by atoms with Gasteiger partial charge in [-0.15, -0.1) is 0 Å². The van der Waals surface area contributed by atoms with Crippen molar-refractivity contribution in [1.82, 2.24) is 0 Å². The number of rotatable bonds is 59. The normalized spacial score (nSPS) is 13.0. The number of carboxylic acid groups (broad SMARTS) is 1. The molecule has 0 aromatic heterocycles. The van der Waals surface area contributed by atoms with Crippen LogP contribution in [0, 0.1) is 0 Å². The molecule has 0 aliphatic rings. The fourth-order valence-corrected chi connectivity index (χ4v) is 9.24. The smallest absolute Gasteiger partial charge is 0.361 e. The second-order valence-corrected chi connectivity index (χ2v) is 22.7. The van der Waals surface area contributed by atoms with Crippen molar-refractivity contribution in [2.75, 3.05) is 47.5 Å². The zero-order chi connectivity index (χ0) is 54.8. The van der Waals surface area contributed by atoms with Crippen LogP contribution in [0.5, 0.6) is 0 Å². The van der Waals surface area contributed by atoms with E-state index in [-0.39, 0.29) is 38.2 Å². The number of hydrogen-bond acceptors (Lipinski definition) is 7. The summed E-state index contributed by atoms with van der Waals surface area (Å²) < 4.78 is 23.0. The number of unbranched alkanes of at least 4 members (excludes halogenated alkanes) is 36. The van der Waals surface area contributed by atoms with Crippen LogP contribution < -0.4 is 0 Å². The molecule has 0 aliphatic carbocycles. The van der Waals surface area contributed by atoms with Crippen LogP contribution in [0.15, 0.2) is 48.6 Å². The van der Waals surface area contributed by atoms with E-state index in [4.69, 9.17) is 18.9 Å². The molecule has 438 valence electrons. The van der Waals surface area contributed by atoms with E-state index < -0.39 is 18.4 Å².